The Morgan fingerprint density at radius 2 is 1.71 bits per heavy atom. The second-order valence-electron chi connectivity index (χ2n) is 6.41. The Labute approximate surface area is 164 Å². The zero-order chi connectivity index (χ0) is 19.9. The van der Waals surface area contributed by atoms with Crippen molar-refractivity contribution < 1.29 is 14.3 Å². The van der Waals surface area contributed by atoms with E-state index in [4.69, 9.17) is 9.47 Å². The van der Waals surface area contributed by atoms with Crippen molar-refractivity contribution in [2.24, 2.45) is 0 Å². The second kappa shape index (κ2) is 8.90. The fraction of sp³-hybridized carbons (Fsp3) is 0.182. The summed E-state index contributed by atoms with van der Waals surface area (Å²) in [7, 11) is 5.50. The number of nitrogens with zero attached hydrogens (tertiary/aromatic N) is 2. The van der Waals surface area contributed by atoms with Gasteiger partial charge in [-0.25, -0.2) is 0 Å². The summed E-state index contributed by atoms with van der Waals surface area (Å²) >= 11 is 0. The molecule has 0 aliphatic heterocycles. The highest BCUT2D eigenvalue weighted by Crippen LogP contribution is 2.31. The fourth-order valence-electron chi connectivity index (χ4n) is 2.62. The molecule has 2 aromatic carbocycles. The van der Waals surface area contributed by atoms with Gasteiger partial charge in [0.2, 0.25) is 0 Å². The average molecular weight is 377 g/mol. The number of methoxy groups -OCH3 is 1. The van der Waals surface area contributed by atoms with Crippen LogP contribution in [0, 0.1) is 0 Å². The van der Waals surface area contributed by atoms with Crippen molar-refractivity contribution in [1.82, 2.24) is 4.98 Å². The summed E-state index contributed by atoms with van der Waals surface area (Å²) in [6, 6.07) is 16.5. The Hall–Kier alpha value is -3.54. The summed E-state index contributed by atoms with van der Waals surface area (Å²) in [6.45, 7) is 0.377. The Morgan fingerprint density at radius 3 is 2.36 bits per heavy atom. The molecule has 0 saturated heterocycles. The van der Waals surface area contributed by atoms with Crippen molar-refractivity contribution in [2.45, 2.75) is 6.61 Å². The highest BCUT2D eigenvalue weighted by Gasteiger charge is 2.10. The van der Waals surface area contributed by atoms with Crippen LogP contribution in [0.1, 0.15) is 15.9 Å². The number of hydrogen-bond acceptors (Lipinski definition) is 5. The number of anilines is 2. The van der Waals surface area contributed by atoms with Crippen molar-refractivity contribution in [3.63, 3.8) is 0 Å². The Balaban J connectivity index is 1.72. The maximum absolute atomic E-state index is 12.5. The van der Waals surface area contributed by atoms with Crippen molar-refractivity contribution in [1.29, 1.82) is 0 Å². The zero-order valence-electron chi connectivity index (χ0n) is 16.2. The number of rotatable bonds is 7. The van der Waals surface area contributed by atoms with Crippen LogP contribution < -0.4 is 19.7 Å². The van der Waals surface area contributed by atoms with Gasteiger partial charge in [-0.15, -0.1) is 0 Å². The van der Waals surface area contributed by atoms with Gasteiger partial charge in [0.05, 0.1) is 7.11 Å². The lowest BCUT2D eigenvalue weighted by Crippen LogP contribution is -2.13. The summed E-state index contributed by atoms with van der Waals surface area (Å²) in [5.74, 6) is 0.970. The Kier molecular flexibility index (Phi) is 6.11. The SMILES string of the molecule is COc1ccc(NC(=O)c2ccc(N(C)C)cc2)cc1OCc1ccncc1. The van der Waals surface area contributed by atoms with Crippen LogP contribution in [0.15, 0.2) is 67.0 Å². The maximum Gasteiger partial charge on any atom is 0.255 e. The minimum atomic E-state index is -0.185. The van der Waals surface area contributed by atoms with Crippen LogP contribution in [0.4, 0.5) is 11.4 Å². The van der Waals surface area contributed by atoms with Gasteiger partial charge < -0.3 is 19.7 Å². The average Bonchev–Trinajstić information content (AvgIpc) is 2.73. The molecule has 3 rings (SSSR count). The number of hydrogen-bond donors (Lipinski definition) is 1. The third-order valence-electron chi connectivity index (χ3n) is 4.21. The van der Waals surface area contributed by atoms with Gasteiger partial charge in [-0.2, -0.15) is 0 Å². The second-order valence-corrected chi connectivity index (χ2v) is 6.41. The zero-order valence-corrected chi connectivity index (χ0v) is 16.2. The molecule has 1 N–H and O–H groups in total. The van der Waals surface area contributed by atoms with Crippen LogP contribution in [-0.2, 0) is 6.61 Å². The first-order chi connectivity index (χ1) is 13.6. The minimum absolute atomic E-state index is 0.185. The van der Waals surface area contributed by atoms with E-state index in [0.717, 1.165) is 11.3 Å². The molecule has 28 heavy (non-hydrogen) atoms. The molecule has 3 aromatic rings. The monoisotopic (exact) mass is 377 g/mol. The van der Waals surface area contributed by atoms with Crippen LogP contribution in [0.3, 0.4) is 0 Å². The van der Waals surface area contributed by atoms with Crippen molar-refractivity contribution in [2.75, 3.05) is 31.4 Å². The largest absolute Gasteiger partial charge is 0.493 e. The first kappa shape index (κ1) is 19.2. The number of pyridine rings is 1. The van der Waals surface area contributed by atoms with Crippen LogP contribution in [-0.4, -0.2) is 32.1 Å². The molecule has 0 radical (unpaired) electrons. The molecule has 1 aromatic heterocycles. The number of aromatic nitrogens is 1. The molecular formula is C22H23N3O3. The summed E-state index contributed by atoms with van der Waals surface area (Å²) < 4.78 is 11.2. The van der Waals surface area contributed by atoms with Crippen LogP contribution in [0.25, 0.3) is 0 Å². The van der Waals surface area contributed by atoms with E-state index in [1.165, 1.54) is 0 Å². The molecule has 0 spiro atoms. The first-order valence-corrected chi connectivity index (χ1v) is 8.85. The number of ether oxygens (including phenoxy) is 2. The van der Waals surface area contributed by atoms with Gasteiger partial charge in [-0.3, -0.25) is 9.78 Å². The van der Waals surface area contributed by atoms with E-state index in [1.807, 2.05) is 43.3 Å². The van der Waals surface area contributed by atoms with E-state index in [9.17, 15) is 4.79 Å². The third kappa shape index (κ3) is 4.79. The molecule has 0 saturated carbocycles. The van der Waals surface area contributed by atoms with Crippen LogP contribution in [0.5, 0.6) is 11.5 Å². The molecule has 0 aliphatic rings. The van der Waals surface area contributed by atoms with E-state index >= 15 is 0 Å². The number of nitrogens with one attached hydrogen (secondary N) is 1. The molecule has 6 heteroatoms. The number of amides is 1. The Morgan fingerprint density at radius 1 is 1.00 bits per heavy atom. The molecule has 144 valence electrons. The summed E-state index contributed by atoms with van der Waals surface area (Å²) in [4.78, 5) is 18.5. The number of benzene rings is 2. The van der Waals surface area contributed by atoms with Gasteiger partial charge in [-0.1, -0.05) is 0 Å². The molecule has 0 aliphatic carbocycles. The first-order valence-electron chi connectivity index (χ1n) is 8.85. The van der Waals surface area contributed by atoms with Gasteiger partial charge in [-0.05, 0) is 54.1 Å². The van der Waals surface area contributed by atoms with E-state index < -0.39 is 0 Å². The standard InChI is InChI=1S/C22H23N3O3/c1-25(2)19-7-4-17(5-8-19)22(26)24-18-6-9-20(27-3)21(14-18)28-15-16-10-12-23-13-11-16/h4-14H,15H2,1-3H3,(H,24,26). The molecular weight excluding hydrogens is 354 g/mol. The predicted molar refractivity (Wildman–Crippen MR) is 110 cm³/mol. The molecule has 0 bridgehead atoms. The summed E-state index contributed by atoms with van der Waals surface area (Å²) in [5, 5.41) is 2.90. The van der Waals surface area contributed by atoms with Crippen LogP contribution in [0.2, 0.25) is 0 Å². The fourth-order valence-corrected chi connectivity index (χ4v) is 2.62. The number of carbonyl (C=O) groups is 1. The van der Waals surface area contributed by atoms with Crippen molar-refractivity contribution in [3.05, 3.63) is 78.1 Å². The van der Waals surface area contributed by atoms with Gasteiger partial charge >= 0.3 is 0 Å². The third-order valence-corrected chi connectivity index (χ3v) is 4.21. The van der Waals surface area contributed by atoms with E-state index in [0.29, 0.717) is 29.4 Å². The topological polar surface area (TPSA) is 63.7 Å². The van der Waals surface area contributed by atoms with E-state index in [2.05, 4.69) is 10.3 Å². The highest BCUT2D eigenvalue weighted by atomic mass is 16.5. The molecule has 6 nitrogen and oxygen atoms in total. The van der Waals surface area contributed by atoms with Gasteiger partial charge in [0.25, 0.3) is 5.91 Å². The highest BCUT2D eigenvalue weighted by molar-refractivity contribution is 6.04. The summed E-state index contributed by atoms with van der Waals surface area (Å²) in [5.41, 5.74) is 3.24. The summed E-state index contributed by atoms with van der Waals surface area (Å²) in [6.07, 6.45) is 3.43. The lowest BCUT2D eigenvalue weighted by Gasteiger charge is -2.14. The minimum Gasteiger partial charge on any atom is -0.493 e. The van der Waals surface area contributed by atoms with Crippen LogP contribution >= 0.6 is 0 Å². The lowest BCUT2D eigenvalue weighted by molar-refractivity contribution is 0.102. The Bertz CT molecular complexity index is 926. The normalized spacial score (nSPS) is 10.2. The van der Waals surface area contributed by atoms with Gasteiger partial charge in [0, 0.05) is 49.5 Å². The van der Waals surface area contributed by atoms with E-state index in [-0.39, 0.29) is 5.91 Å². The van der Waals surface area contributed by atoms with Gasteiger partial charge in [0.15, 0.2) is 11.5 Å². The molecule has 0 fully saturated rings. The lowest BCUT2D eigenvalue weighted by atomic mass is 10.2. The molecule has 1 heterocycles. The van der Waals surface area contributed by atoms with Crippen molar-refractivity contribution in [3.8, 4) is 11.5 Å². The van der Waals surface area contributed by atoms with Gasteiger partial charge in [0.1, 0.15) is 6.61 Å². The van der Waals surface area contributed by atoms with E-state index in [1.54, 1.807) is 49.8 Å². The molecule has 0 unspecified atom stereocenters. The predicted octanol–water partition coefficient (Wildman–Crippen LogP) is 3.99. The quantitative estimate of drug-likeness (QED) is 0.675. The smallest absolute Gasteiger partial charge is 0.255 e. The molecule has 0 atom stereocenters. The maximum atomic E-state index is 12.5. The number of carbonyl (C=O) groups excluding carboxylic acids is 1. The van der Waals surface area contributed by atoms with Crippen molar-refractivity contribution >= 4 is 17.3 Å². The molecule has 1 amide bonds.